The van der Waals surface area contributed by atoms with Gasteiger partial charge in [0, 0.05) is 11.9 Å². The zero-order chi connectivity index (χ0) is 14.8. The molecule has 0 atom stereocenters. The van der Waals surface area contributed by atoms with E-state index in [1.165, 1.54) is 17.7 Å². The number of fused-ring (bicyclic) bond motifs is 1. The van der Waals surface area contributed by atoms with Gasteiger partial charge in [0.05, 0.1) is 7.11 Å². The van der Waals surface area contributed by atoms with Crippen molar-refractivity contribution >= 4 is 16.7 Å². The molecular formula is C17H13NO3. The summed E-state index contributed by atoms with van der Waals surface area (Å²) in [4.78, 5) is 24.0. The lowest BCUT2D eigenvalue weighted by atomic mass is 10.1. The number of hydrogen-bond acceptors (Lipinski definition) is 3. The normalized spacial score (nSPS) is 10.5. The van der Waals surface area contributed by atoms with Gasteiger partial charge in [-0.3, -0.25) is 9.36 Å². The average molecular weight is 279 g/mol. The van der Waals surface area contributed by atoms with Gasteiger partial charge in [0.2, 0.25) is 0 Å². The molecule has 0 aliphatic rings. The van der Waals surface area contributed by atoms with E-state index in [2.05, 4.69) is 4.74 Å². The van der Waals surface area contributed by atoms with Gasteiger partial charge in [0.15, 0.2) is 0 Å². The summed E-state index contributed by atoms with van der Waals surface area (Å²) in [5, 5.41) is 2.13. The van der Waals surface area contributed by atoms with E-state index in [1.54, 1.807) is 12.3 Å². The predicted molar refractivity (Wildman–Crippen MR) is 80.9 cm³/mol. The van der Waals surface area contributed by atoms with E-state index in [-0.39, 0.29) is 11.1 Å². The van der Waals surface area contributed by atoms with Gasteiger partial charge in [-0.05, 0) is 35.0 Å². The van der Waals surface area contributed by atoms with Crippen molar-refractivity contribution < 1.29 is 9.53 Å². The molecule has 0 fully saturated rings. The minimum absolute atomic E-state index is 0.0214. The highest BCUT2D eigenvalue weighted by molar-refractivity contribution is 5.89. The second-order valence-corrected chi connectivity index (χ2v) is 4.62. The molecule has 0 N–H and O–H groups in total. The quantitative estimate of drug-likeness (QED) is 0.678. The van der Waals surface area contributed by atoms with Gasteiger partial charge in [-0.1, -0.05) is 30.3 Å². The number of aromatic nitrogens is 1. The van der Waals surface area contributed by atoms with Crippen LogP contribution < -0.4 is 5.56 Å². The van der Waals surface area contributed by atoms with E-state index >= 15 is 0 Å². The maximum atomic E-state index is 12.4. The summed E-state index contributed by atoms with van der Waals surface area (Å²) in [6.07, 6.45) is 1.64. The molecule has 4 nitrogen and oxygen atoms in total. The third-order valence-electron chi connectivity index (χ3n) is 3.36. The summed E-state index contributed by atoms with van der Waals surface area (Å²) >= 11 is 0. The SMILES string of the molecule is COC(=O)c1cccn(-c2ccc3ccccc3c2)c1=O. The number of benzene rings is 2. The summed E-state index contributed by atoms with van der Waals surface area (Å²) in [7, 11) is 1.26. The maximum Gasteiger partial charge on any atom is 0.343 e. The zero-order valence-electron chi connectivity index (χ0n) is 11.4. The van der Waals surface area contributed by atoms with Gasteiger partial charge in [-0.2, -0.15) is 0 Å². The molecule has 1 heterocycles. The van der Waals surface area contributed by atoms with E-state index < -0.39 is 5.97 Å². The lowest BCUT2D eigenvalue weighted by Crippen LogP contribution is -2.25. The molecule has 0 saturated heterocycles. The highest BCUT2D eigenvalue weighted by Gasteiger charge is 2.12. The van der Waals surface area contributed by atoms with Crippen LogP contribution in [-0.2, 0) is 4.74 Å². The van der Waals surface area contributed by atoms with Crippen LogP contribution in [0.3, 0.4) is 0 Å². The number of carbonyl (C=O) groups is 1. The maximum absolute atomic E-state index is 12.4. The Morgan fingerprint density at radius 1 is 1.00 bits per heavy atom. The number of ether oxygens (including phenoxy) is 1. The molecule has 0 unspecified atom stereocenters. The Kier molecular flexibility index (Phi) is 3.28. The molecule has 0 spiro atoms. The van der Waals surface area contributed by atoms with Crippen LogP contribution in [-0.4, -0.2) is 17.6 Å². The lowest BCUT2D eigenvalue weighted by molar-refractivity contribution is 0.0598. The molecule has 4 heteroatoms. The second kappa shape index (κ2) is 5.25. The monoisotopic (exact) mass is 279 g/mol. The van der Waals surface area contributed by atoms with Crippen molar-refractivity contribution in [2.45, 2.75) is 0 Å². The largest absolute Gasteiger partial charge is 0.465 e. The standard InChI is InChI=1S/C17H13NO3/c1-21-17(20)15-7-4-10-18(16(15)19)14-9-8-12-5-2-3-6-13(12)11-14/h2-11H,1H3. The molecule has 2 aromatic carbocycles. The van der Waals surface area contributed by atoms with Crippen LogP contribution in [0.2, 0.25) is 0 Å². The van der Waals surface area contributed by atoms with Crippen molar-refractivity contribution in [3.63, 3.8) is 0 Å². The molecule has 0 saturated carbocycles. The Hall–Kier alpha value is -2.88. The highest BCUT2D eigenvalue weighted by Crippen LogP contribution is 2.17. The Morgan fingerprint density at radius 2 is 1.76 bits per heavy atom. The zero-order valence-corrected chi connectivity index (χ0v) is 11.4. The Morgan fingerprint density at radius 3 is 2.52 bits per heavy atom. The fraction of sp³-hybridized carbons (Fsp3) is 0.0588. The van der Waals surface area contributed by atoms with Gasteiger partial charge < -0.3 is 4.74 Å². The number of nitrogens with zero attached hydrogens (tertiary/aromatic N) is 1. The fourth-order valence-corrected chi connectivity index (χ4v) is 2.29. The molecular weight excluding hydrogens is 266 g/mol. The van der Waals surface area contributed by atoms with Gasteiger partial charge in [-0.25, -0.2) is 4.79 Å². The van der Waals surface area contributed by atoms with E-state index in [0.717, 1.165) is 10.8 Å². The Bertz CT molecular complexity index is 880. The molecule has 0 aliphatic carbocycles. The Labute approximate surface area is 121 Å². The summed E-state index contributed by atoms with van der Waals surface area (Å²) < 4.78 is 6.07. The molecule has 21 heavy (non-hydrogen) atoms. The first-order valence-electron chi connectivity index (χ1n) is 6.50. The molecule has 0 amide bonds. The van der Waals surface area contributed by atoms with Crippen LogP contribution in [0.5, 0.6) is 0 Å². The number of pyridine rings is 1. The molecule has 3 aromatic rings. The van der Waals surface area contributed by atoms with Gasteiger partial charge in [0.1, 0.15) is 5.56 Å². The van der Waals surface area contributed by atoms with E-state index in [9.17, 15) is 9.59 Å². The fourth-order valence-electron chi connectivity index (χ4n) is 2.29. The van der Waals surface area contributed by atoms with Crippen LogP contribution in [0.15, 0.2) is 65.6 Å². The third kappa shape index (κ3) is 2.31. The number of methoxy groups -OCH3 is 1. The summed E-state index contributed by atoms with van der Waals surface area (Å²) in [5.74, 6) is -0.630. The van der Waals surface area contributed by atoms with E-state index in [1.807, 2.05) is 42.5 Å². The minimum atomic E-state index is -0.630. The summed E-state index contributed by atoms with van der Waals surface area (Å²) in [5.41, 5.74) is 0.345. The lowest BCUT2D eigenvalue weighted by Gasteiger charge is -2.08. The topological polar surface area (TPSA) is 48.3 Å². The molecule has 0 bridgehead atoms. The minimum Gasteiger partial charge on any atom is -0.465 e. The van der Waals surface area contributed by atoms with Crippen molar-refractivity contribution in [3.8, 4) is 5.69 Å². The van der Waals surface area contributed by atoms with Gasteiger partial charge >= 0.3 is 5.97 Å². The van der Waals surface area contributed by atoms with Crippen LogP contribution in [0, 0.1) is 0 Å². The molecule has 0 radical (unpaired) electrons. The van der Waals surface area contributed by atoms with Crippen LogP contribution in [0.4, 0.5) is 0 Å². The number of rotatable bonds is 2. The second-order valence-electron chi connectivity index (χ2n) is 4.62. The number of hydrogen-bond donors (Lipinski definition) is 0. The van der Waals surface area contributed by atoms with Crippen molar-refractivity contribution in [3.05, 3.63) is 76.7 Å². The van der Waals surface area contributed by atoms with Crippen LogP contribution in [0.1, 0.15) is 10.4 Å². The molecule has 3 rings (SSSR count). The number of carbonyl (C=O) groups excluding carboxylic acids is 1. The first-order chi connectivity index (χ1) is 10.2. The first-order valence-corrected chi connectivity index (χ1v) is 6.50. The van der Waals surface area contributed by atoms with E-state index in [0.29, 0.717) is 5.69 Å². The van der Waals surface area contributed by atoms with Gasteiger partial charge in [-0.15, -0.1) is 0 Å². The molecule has 1 aromatic heterocycles. The predicted octanol–water partition coefficient (Wildman–Crippen LogP) is 2.78. The third-order valence-corrected chi connectivity index (χ3v) is 3.36. The summed E-state index contributed by atoms with van der Waals surface area (Å²) in [6.45, 7) is 0. The van der Waals surface area contributed by atoms with Crippen molar-refractivity contribution in [2.24, 2.45) is 0 Å². The average Bonchev–Trinajstić information content (AvgIpc) is 2.54. The number of esters is 1. The summed E-state index contributed by atoms with van der Waals surface area (Å²) in [6, 6.07) is 16.7. The van der Waals surface area contributed by atoms with Crippen molar-refractivity contribution in [1.29, 1.82) is 0 Å². The van der Waals surface area contributed by atoms with Crippen molar-refractivity contribution in [1.82, 2.24) is 4.57 Å². The smallest absolute Gasteiger partial charge is 0.343 e. The van der Waals surface area contributed by atoms with Crippen molar-refractivity contribution in [2.75, 3.05) is 7.11 Å². The molecule has 0 aliphatic heterocycles. The van der Waals surface area contributed by atoms with Crippen LogP contribution in [0.25, 0.3) is 16.5 Å². The highest BCUT2D eigenvalue weighted by atomic mass is 16.5. The Balaban J connectivity index is 2.19. The van der Waals surface area contributed by atoms with Crippen LogP contribution >= 0.6 is 0 Å². The first kappa shape index (κ1) is 13.1. The van der Waals surface area contributed by atoms with E-state index in [4.69, 9.17) is 0 Å². The molecule has 104 valence electrons. The van der Waals surface area contributed by atoms with Gasteiger partial charge in [0.25, 0.3) is 5.56 Å².